The van der Waals surface area contributed by atoms with Crippen LogP contribution in [0.2, 0.25) is 0 Å². The lowest BCUT2D eigenvalue weighted by Crippen LogP contribution is -2.52. The van der Waals surface area contributed by atoms with Crippen LogP contribution < -0.4 is 9.64 Å². The van der Waals surface area contributed by atoms with Crippen LogP contribution in [0.15, 0.2) is 60.7 Å². The molecule has 2 aliphatic heterocycles. The Kier molecular flexibility index (Phi) is 8.31. The van der Waals surface area contributed by atoms with Gasteiger partial charge in [0.2, 0.25) is 5.91 Å². The van der Waals surface area contributed by atoms with Gasteiger partial charge in [0.05, 0.1) is 18.9 Å². The van der Waals surface area contributed by atoms with Crippen LogP contribution in [0.25, 0.3) is 11.3 Å². The molecule has 2 saturated heterocycles. The first-order valence-electron chi connectivity index (χ1n) is 13.2. The number of carbonyl (C=O) groups is 2. The molecule has 3 heterocycles. The van der Waals surface area contributed by atoms with E-state index in [1.807, 2.05) is 36.4 Å². The maximum absolute atomic E-state index is 13.4. The highest BCUT2D eigenvalue weighted by Crippen LogP contribution is 2.22. The van der Waals surface area contributed by atoms with Gasteiger partial charge in [0, 0.05) is 50.5 Å². The van der Waals surface area contributed by atoms with Gasteiger partial charge in [-0.25, -0.2) is 4.39 Å². The normalized spacial score (nSPS) is 17.2. The van der Waals surface area contributed by atoms with Crippen molar-refractivity contribution in [1.29, 1.82) is 0 Å². The summed E-state index contributed by atoms with van der Waals surface area (Å²) < 4.78 is 24.3. The second kappa shape index (κ2) is 12.2. The van der Waals surface area contributed by atoms with Crippen molar-refractivity contribution in [3.8, 4) is 17.0 Å². The summed E-state index contributed by atoms with van der Waals surface area (Å²) in [4.78, 5) is 31.8. The number of nitrogens with zero attached hydrogens (tertiary/aromatic N) is 5. The van der Waals surface area contributed by atoms with Gasteiger partial charge in [0.1, 0.15) is 18.1 Å². The van der Waals surface area contributed by atoms with Gasteiger partial charge >= 0.3 is 0 Å². The van der Waals surface area contributed by atoms with Crippen molar-refractivity contribution in [3.05, 3.63) is 72.0 Å². The molecule has 0 bridgehead atoms. The number of amides is 2. The molecule has 2 aliphatic rings. The number of anilines is 1. The third-order valence-corrected chi connectivity index (χ3v) is 7.15. The molecule has 0 radical (unpaired) electrons. The molecule has 5 rings (SSSR count). The summed E-state index contributed by atoms with van der Waals surface area (Å²) in [5.41, 5.74) is 2.07. The Balaban J connectivity index is 1.18. The van der Waals surface area contributed by atoms with Crippen LogP contribution in [-0.4, -0.2) is 90.9 Å². The van der Waals surface area contributed by atoms with E-state index in [0.717, 1.165) is 35.7 Å². The van der Waals surface area contributed by atoms with Gasteiger partial charge in [0.15, 0.2) is 5.82 Å². The Hall–Kier alpha value is -4.05. The van der Waals surface area contributed by atoms with Crippen molar-refractivity contribution in [2.75, 3.05) is 57.9 Å². The van der Waals surface area contributed by atoms with Gasteiger partial charge in [-0.2, -0.15) is 0 Å². The number of ether oxygens (including phenoxy) is 2. The molecule has 0 aliphatic carbocycles. The first-order valence-corrected chi connectivity index (χ1v) is 13.2. The van der Waals surface area contributed by atoms with Crippen LogP contribution in [0.1, 0.15) is 23.2 Å². The molecule has 2 aromatic carbocycles. The molecule has 10 heteroatoms. The molecule has 1 atom stereocenters. The van der Waals surface area contributed by atoms with Gasteiger partial charge in [0.25, 0.3) is 5.91 Å². The van der Waals surface area contributed by atoms with Crippen molar-refractivity contribution >= 4 is 17.6 Å². The third-order valence-electron chi connectivity index (χ3n) is 7.15. The van der Waals surface area contributed by atoms with E-state index in [0.29, 0.717) is 44.9 Å². The maximum Gasteiger partial charge on any atom is 0.254 e. The first-order chi connectivity index (χ1) is 19.0. The number of methoxy groups -OCH3 is 1. The van der Waals surface area contributed by atoms with E-state index in [4.69, 9.17) is 9.47 Å². The van der Waals surface area contributed by atoms with Crippen molar-refractivity contribution in [3.63, 3.8) is 0 Å². The summed E-state index contributed by atoms with van der Waals surface area (Å²) in [6, 6.07) is 16.9. The molecule has 0 spiro atoms. The van der Waals surface area contributed by atoms with E-state index < -0.39 is 5.82 Å². The second-order valence-electron chi connectivity index (χ2n) is 9.70. The molecule has 1 unspecified atom stereocenters. The summed E-state index contributed by atoms with van der Waals surface area (Å²) in [7, 11) is 1.63. The standard InChI is InChI=1S/C29H32FN5O4/c1-38-24-10-6-21(7-11-24)26-12-13-27(32-31-26)33-14-16-34(17-15-33)28(36)20-35(19-25-3-2-18-39-25)29(37)22-4-8-23(30)9-5-22/h4-13,25H,2-3,14-20H2,1H3. The predicted molar refractivity (Wildman–Crippen MR) is 144 cm³/mol. The smallest absolute Gasteiger partial charge is 0.254 e. The van der Waals surface area contributed by atoms with Crippen LogP contribution in [0, 0.1) is 5.82 Å². The summed E-state index contributed by atoms with van der Waals surface area (Å²) in [5, 5.41) is 8.79. The lowest BCUT2D eigenvalue weighted by atomic mass is 10.1. The fraction of sp³-hybridized carbons (Fsp3) is 0.379. The van der Waals surface area contributed by atoms with Gasteiger partial charge < -0.3 is 24.2 Å². The van der Waals surface area contributed by atoms with Crippen LogP contribution in [0.3, 0.4) is 0 Å². The number of piperazine rings is 1. The number of hydrogen-bond acceptors (Lipinski definition) is 7. The minimum Gasteiger partial charge on any atom is -0.497 e. The summed E-state index contributed by atoms with van der Waals surface area (Å²) in [5.74, 6) is 0.705. The quantitative estimate of drug-likeness (QED) is 0.439. The molecule has 2 amide bonds. The minimum atomic E-state index is -0.411. The van der Waals surface area contributed by atoms with Gasteiger partial charge in [-0.05, 0) is 73.5 Å². The molecule has 3 aromatic rings. The van der Waals surface area contributed by atoms with Crippen molar-refractivity contribution in [2.24, 2.45) is 0 Å². The maximum atomic E-state index is 13.4. The molecule has 204 valence electrons. The Morgan fingerprint density at radius 2 is 1.74 bits per heavy atom. The van der Waals surface area contributed by atoms with Crippen LogP contribution in [0.4, 0.5) is 10.2 Å². The number of halogens is 1. The summed E-state index contributed by atoms with van der Waals surface area (Å²) in [6.45, 7) is 3.19. The van der Waals surface area contributed by atoms with Gasteiger partial charge in [-0.1, -0.05) is 0 Å². The van der Waals surface area contributed by atoms with Gasteiger partial charge in [-0.15, -0.1) is 10.2 Å². The number of aromatic nitrogens is 2. The highest BCUT2D eigenvalue weighted by molar-refractivity contribution is 5.96. The minimum absolute atomic E-state index is 0.0492. The molecule has 0 N–H and O–H groups in total. The zero-order chi connectivity index (χ0) is 27.2. The second-order valence-corrected chi connectivity index (χ2v) is 9.70. The van der Waals surface area contributed by atoms with Crippen molar-refractivity contribution in [1.82, 2.24) is 20.0 Å². The van der Waals surface area contributed by atoms with Crippen LogP contribution >= 0.6 is 0 Å². The van der Waals surface area contributed by atoms with E-state index in [1.54, 1.807) is 12.0 Å². The van der Waals surface area contributed by atoms with Crippen molar-refractivity contribution < 1.29 is 23.5 Å². The molecular weight excluding hydrogens is 501 g/mol. The number of rotatable bonds is 8. The lowest BCUT2D eigenvalue weighted by Gasteiger charge is -2.36. The third kappa shape index (κ3) is 6.51. The van der Waals surface area contributed by atoms with E-state index in [2.05, 4.69) is 15.1 Å². The van der Waals surface area contributed by atoms with E-state index in [1.165, 1.54) is 29.2 Å². The Morgan fingerprint density at radius 1 is 1.00 bits per heavy atom. The van der Waals surface area contributed by atoms with Crippen LogP contribution in [0.5, 0.6) is 5.75 Å². The lowest BCUT2D eigenvalue weighted by molar-refractivity contribution is -0.132. The van der Waals surface area contributed by atoms with Crippen molar-refractivity contribution in [2.45, 2.75) is 18.9 Å². The van der Waals surface area contributed by atoms with Crippen LogP contribution in [-0.2, 0) is 9.53 Å². The molecule has 39 heavy (non-hydrogen) atoms. The largest absolute Gasteiger partial charge is 0.497 e. The SMILES string of the molecule is COc1ccc(-c2ccc(N3CCN(C(=O)CN(CC4CCCO4)C(=O)c4ccc(F)cc4)CC3)nn2)cc1. The topological polar surface area (TPSA) is 88.1 Å². The van der Waals surface area contributed by atoms with Gasteiger partial charge in [-0.3, -0.25) is 9.59 Å². The fourth-order valence-electron chi connectivity index (χ4n) is 4.89. The number of carbonyl (C=O) groups excluding carboxylic acids is 2. The molecule has 9 nitrogen and oxygen atoms in total. The van der Waals surface area contributed by atoms with E-state index in [-0.39, 0.29) is 24.5 Å². The van der Waals surface area contributed by atoms with E-state index in [9.17, 15) is 14.0 Å². The molecule has 1 aromatic heterocycles. The average Bonchev–Trinajstić information content (AvgIpc) is 3.50. The Bertz CT molecular complexity index is 1260. The monoisotopic (exact) mass is 533 g/mol. The fourth-order valence-corrected chi connectivity index (χ4v) is 4.89. The zero-order valence-electron chi connectivity index (χ0n) is 22.0. The molecule has 0 saturated carbocycles. The average molecular weight is 534 g/mol. The molecular formula is C29H32FN5O4. The number of benzene rings is 2. The van der Waals surface area contributed by atoms with E-state index >= 15 is 0 Å². The zero-order valence-corrected chi connectivity index (χ0v) is 22.0. The summed E-state index contributed by atoms with van der Waals surface area (Å²) >= 11 is 0. The highest BCUT2D eigenvalue weighted by Gasteiger charge is 2.29. The highest BCUT2D eigenvalue weighted by atomic mass is 19.1. The predicted octanol–water partition coefficient (Wildman–Crippen LogP) is 3.26. The Morgan fingerprint density at radius 3 is 2.36 bits per heavy atom. The Labute approximate surface area is 227 Å². The number of hydrogen-bond donors (Lipinski definition) is 0. The first kappa shape index (κ1) is 26.6. The molecule has 2 fully saturated rings. The summed E-state index contributed by atoms with van der Waals surface area (Å²) in [6.07, 6.45) is 1.68.